The molecule has 0 radical (unpaired) electrons. The van der Waals surface area contributed by atoms with Crippen LogP contribution >= 0.6 is 11.6 Å². The summed E-state index contributed by atoms with van der Waals surface area (Å²) in [5.41, 5.74) is 6.85. The van der Waals surface area contributed by atoms with E-state index in [1.807, 2.05) is 4.90 Å². The van der Waals surface area contributed by atoms with E-state index in [1.54, 1.807) is 35.3 Å². The zero-order valence-corrected chi connectivity index (χ0v) is 15.3. The van der Waals surface area contributed by atoms with Crippen molar-refractivity contribution in [1.29, 1.82) is 0 Å². The summed E-state index contributed by atoms with van der Waals surface area (Å²) in [6.45, 7) is 1.80. The predicted octanol–water partition coefficient (Wildman–Crippen LogP) is 2.51. The maximum atomic E-state index is 14.3. The van der Waals surface area contributed by atoms with Crippen molar-refractivity contribution in [2.24, 2.45) is 17.6 Å². The Kier molecular flexibility index (Phi) is 4.43. The third kappa shape index (κ3) is 3.10. The van der Waals surface area contributed by atoms with Gasteiger partial charge in [0.25, 0.3) is 5.92 Å². The lowest BCUT2D eigenvalue weighted by Crippen LogP contribution is -2.55. The molecule has 1 saturated heterocycles. The highest BCUT2D eigenvalue weighted by Crippen LogP contribution is 2.38. The van der Waals surface area contributed by atoms with Gasteiger partial charge in [-0.3, -0.25) is 4.40 Å². The van der Waals surface area contributed by atoms with Gasteiger partial charge in [-0.05, 0) is 6.07 Å². The Bertz CT molecular complexity index is 977. The second kappa shape index (κ2) is 6.65. The first-order valence-corrected chi connectivity index (χ1v) is 8.92. The Hall–Kier alpha value is -2.39. The molecule has 0 spiro atoms. The largest absolute Gasteiger partial charge is 0.355 e. The summed E-state index contributed by atoms with van der Waals surface area (Å²) >= 11 is 5.97. The van der Waals surface area contributed by atoms with Crippen LogP contribution in [0.1, 0.15) is 6.92 Å². The Balaban J connectivity index is 1.69. The first kappa shape index (κ1) is 18.0. The fourth-order valence-corrected chi connectivity index (χ4v) is 3.56. The molecule has 2 N–H and O–H groups in total. The second-order valence-corrected chi connectivity index (χ2v) is 7.12. The molecule has 4 heterocycles. The minimum atomic E-state index is -2.79. The molecule has 3 aromatic heterocycles. The molecule has 2 atom stereocenters. The van der Waals surface area contributed by atoms with Crippen LogP contribution in [-0.4, -0.2) is 49.9 Å². The Labute approximate surface area is 159 Å². The summed E-state index contributed by atoms with van der Waals surface area (Å²) in [7, 11) is 0. The average Bonchev–Trinajstić information content (AvgIpc) is 3.07. The monoisotopic (exact) mass is 393 g/mol. The third-order valence-corrected chi connectivity index (χ3v) is 5.17. The molecule has 1 aliphatic heterocycles. The third-order valence-electron chi connectivity index (χ3n) is 4.98. The summed E-state index contributed by atoms with van der Waals surface area (Å²) in [5.74, 6) is -3.52. The van der Waals surface area contributed by atoms with Crippen molar-refractivity contribution in [2.45, 2.75) is 12.8 Å². The predicted molar refractivity (Wildman–Crippen MR) is 97.9 cm³/mol. The SMILES string of the molecule is CC1CN(c2ccnc(-c3cnc4cnc(Cl)cn34)n2)CC(CN)C1(F)F. The van der Waals surface area contributed by atoms with Crippen LogP contribution < -0.4 is 10.6 Å². The molecule has 7 nitrogen and oxygen atoms in total. The van der Waals surface area contributed by atoms with Crippen molar-refractivity contribution >= 4 is 23.1 Å². The van der Waals surface area contributed by atoms with Crippen molar-refractivity contribution in [3.05, 3.63) is 36.0 Å². The van der Waals surface area contributed by atoms with Crippen molar-refractivity contribution in [3.63, 3.8) is 0 Å². The molecule has 0 amide bonds. The van der Waals surface area contributed by atoms with E-state index in [9.17, 15) is 8.78 Å². The Morgan fingerprint density at radius 3 is 2.85 bits per heavy atom. The summed E-state index contributed by atoms with van der Waals surface area (Å²) in [6, 6.07) is 1.71. The van der Waals surface area contributed by atoms with Gasteiger partial charge in [0.05, 0.1) is 18.3 Å². The lowest BCUT2D eigenvalue weighted by Gasteiger charge is -2.42. The summed E-state index contributed by atoms with van der Waals surface area (Å²) < 4.78 is 30.3. The number of alkyl halides is 2. The lowest BCUT2D eigenvalue weighted by atomic mass is 9.86. The van der Waals surface area contributed by atoms with Crippen molar-refractivity contribution in [1.82, 2.24) is 24.3 Å². The molecular weight excluding hydrogens is 376 g/mol. The highest BCUT2D eigenvalue weighted by Gasteiger charge is 2.49. The van der Waals surface area contributed by atoms with Crippen LogP contribution in [0.4, 0.5) is 14.6 Å². The second-order valence-electron chi connectivity index (χ2n) is 6.73. The number of imidazole rings is 1. The topological polar surface area (TPSA) is 85.2 Å². The normalized spacial score (nSPS) is 22.3. The van der Waals surface area contributed by atoms with Crippen LogP contribution in [0.5, 0.6) is 0 Å². The van der Waals surface area contributed by atoms with E-state index in [-0.39, 0.29) is 19.6 Å². The van der Waals surface area contributed by atoms with Gasteiger partial charge >= 0.3 is 0 Å². The van der Waals surface area contributed by atoms with E-state index in [0.717, 1.165) is 0 Å². The Morgan fingerprint density at radius 1 is 1.26 bits per heavy atom. The molecule has 1 fully saturated rings. The molecule has 0 aromatic carbocycles. The van der Waals surface area contributed by atoms with Crippen LogP contribution in [-0.2, 0) is 0 Å². The number of aromatic nitrogens is 5. The summed E-state index contributed by atoms with van der Waals surface area (Å²) in [4.78, 5) is 19.0. The number of hydrogen-bond donors (Lipinski definition) is 1. The van der Waals surface area contributed by atoms with Crippen molar-refractivity contribution in [2.75, 3.05) is 24.5 Å². The molecule has 142 valence electrons. The van der Waals surface area contributed by atoms with Gasteiger partial charge in [0.2, 0.25) is 0 Å². The van der Waals surface area contributed by atoms with Crippen molar-refractivity contribution in [3.8, 4) is 11.5 Å². The number of hydrogen-bond acceptors (Lipinski definition) is 6. The van der Waals surface area contributed by atoms with Crippen LogP contribution in [0.2, 0.25) is 5.15 Å². The molecule has 27 heavy (non-hydrogen) atoms. The first-order valence-electron chi connectivity index (χ1n) is 8.55. The van der Waals surface area contributed by atoms with Gasteiger partial charge in [-0.1, -0.05) is 18.5 Å². The van der Waals surface area contributed by atoms with E-state index in [2.05, 4.69) is 19.9 Å². The van der Waals surface area contributed by atoms with Crippen molar-refractivity contribution < 1.29 is 8.78 Å². The molecule has 0 saturated carbocycles. The maximum absolute atomic E-state index is 14.3. The minimum absolute atomic E-state index is 0.0788. The zero-order chi connectivity index (χ0) is 19.2. The number of anilines is 1. The smallest absolute Gasteiger partial charge is 0.257 e. The summed E-state index contributed by atoms with van der Waals surface area (Å²) in [5, 5.41) is 0.316. The molecule has 0 aliphatic carbocycles. The van der Waals surface area contributed by atoms with Crippen LogP contribution in [0.25, 0.3) is 17.2 Å². The van der Waals surface area contributed by atoms with E-state index in [4.69, 9.17) is 17.3 Å². The first-order chi connectivity index (χ1) is 12.9. The maximum Gasteiger partial charge on any atom is 0.257 e. The molecule has 10 heteroatoms. The van der Waals surface area contributed by atoms with Gasteiger partial charge in [0.15, 0.2) is 11.5 Å². The highest BCUT2D eigenvalue weighted by molar-refractivity contribution is 6.29. The molecule has 3 aromatic rings. The molecule has 2 unspecified atom stereocenters. The number of nitrogens with two attached hydrogens (primary N) is 1. The zero-order valence-electron chi connectivity index (χ0n) is 14.6. The average molecular weight is 394 g/mol. The van der Waals surface area contributed by atoms with E-state index in [0.29, 0.717) is 28.1 Å². The molecule has 1 aliphatic rings. The van der Waals surface area contributed by atoms with E-state index in [1.165, 1.54) is 6.92 Å². The number of rotatable bonds is 3. The van der Waals surface area contributed by atoms with Gasteiger partial charge in [-0.15, -0.1) is 0 Å². The summed E-state index contributed by atoms with van der Waals surface area (Å²) in [6.07, 6.45) is 6.41. The molecule has 4 rings (SSSR count). The minimum Gasteiger partial charge on any atom is -0.355 e. The fourth-order valence-electron chi connectivity index (χ4n) is 3.42. The van der Waals surface area contributed by atoms with E-state index < -0.39 is 17.8 Å². The van der Waals surface area contributed by atoms with Gasteiger partial charge in [0.1, 0.15) is 16.7 Å². The number of fused-ring (bicyclic) bond motifs is 1. The van der Waals surface area contributed by atoms with Gasteiger partial charge < -0.3 is 10.6 Å². The number of nitrogens with zero attached hydrogens (tertiary/aromatic N) is 6. The van der Waals surface area contributed by atoms with Gasteiger partial charge in [-0.2, -0.15) is 0 Å². The van der Waals surface area contributed by atoms with Gasteiger partial charge in [-0.25, -0.2) is 28.7 Å². The lowest BCUT2D eigenvalue weighted by molar-refractivity contribution is -0.108. The van der Waals surface area contributed by atoms with Gasteiger partial charge in [0, 0.05) is 37.9 Å². The Morgan fingerprint density at radius 2 is 2.07 bits per heavy atom. The quantitative estimate of drug-likeness (QED) is 0.736. The fraction of sp³-hybridized carbons (Fsp3) is 0.412. The van der Waals surface area contributed by atoms with E-state index >= 15 is 0 Å². The van der Waals surface area contributed by atoms with Crippen LogP contribution in [0.3, 0.4) is 0 Å². The highest BCUT2D eigenvalue weighted by atomic mass is 35.5. The van der Waals surface area contributed by atoms with Crippen LogP contribution in [0, 0.1) is 11.8 Å². The molecular formula is C17H18ClF2N7. The number of halogens is 3. The molecule has 0 bridgehead atoms. The number of piperidine rings is 1. The standard InChI is InChI=1S/C17H18ClF2N7/c1-10-7-26(8-11(4-21)17(10,19)20)14-2-3-22-16(25-14)12-5-24-15-6-23-13(18)9-27(12)15/h2-3,5-6,9-11H,4,7-8,21H2,1H3. The van der Waals surface area contributed by atoms with Crippen LogP contribution in [0.15, 0.2) is 30.9 Å².